The van der Waals surface area contributed by atoms with Crippen molar-refractivity contribution in [3.05, 3.63) is 94.8 Å². The summed E-state index contributed by atoms with van der Waals surface area (Å²) in [6.45, 7) is 2.67. The van der Waals surface area contributed by atoms with Gasteiger partial charge in [0, 0.05) is 5.69 Å². The van der Waals surface area contributed by atoms with Gasteiger partial charge < -0.3 is 4.74 Å². The zero-order valence-electron chi connectivity index (χ0n) is 18.8. The van der Waals surface area contributed by atoms with Gasteiger partial charge in [-0.25, -0.2) is 17.6 Å². The van der Waals surface area contributed by atoms with E-state index in [0.717, 1.165) is 17.7 Å². The molecule has 9 nitrogen and oxygen atoms in total. The third-order valence-corrected chi connectivity index (χ3v) is 6.31. The lowest BCUT2D eigenvalue weighted by Crippen LogP contribution is -2.43. The van der Waals surface area contributed by atoms with Crippen molar-refractivity contribution in [1.29, 1.82) is 0 Å². The van der Waals surface area contributed by atoms with E-state index in [-0.39, 0.29) is 16.0 Å². The predicted octanol–water partition coefficient (Wildman–Crippen LogP) is 2.86. The Labute approximate surface area is 201 Å². The highest BCUT2D eigenvalue weighted by Gasteiger charge is 2.20. The second kappa shape index (κ2) is 10.8. The molecule has 0 atom stereocenters. The Bertz CT molecular complexity index is 1370. The molecule has 3 N–H and O–H groups in total. The smallest absolute Gasteiger partial charge is 0.338 e. The van der Waals surface area contributed by atoms with Crippen molar-refractivity contribution in [3.63, 3.8) is 0 Å². The summed E-state index contributed by atoms with van der Waals surface area (Å²) in [4.78, 5) is 36.1. The number of carbonyl (C=O) groups is 3. The summed E-state index contributed by atoms with van der Waals surface area (Å²) in [6.07, 6.45) is 0. The molecule has 182 valence electrons. The van der Waals surface area contributed by atoms with Crippen LogP contribution in [0.3, 0.4) is 0 Å². The third kappa shape index (κ3) is 6.64. The zero-order valence-corrected chi connectivity index (χ0v) is 19.6. The van der Waals surface area contributed by atoms with Crippen LogP contribution in [0.2, 0.25) is 0 Å². The van der Waals surface area contributed by atoms with Crippen LogP contribution in [0.5, 0.6) is 0 Å². The van der Waals surface area contributed by atoms with E-state index < -0.39 is 40.2 Å². The van der Waals surface area contributed by atoms with E-state index in [1.807, 2.05) is 17.8 Å². The molecule has 0 fully saturated rings. The molecule has 0 aromatic heterocycles. The minimum Gasteiger partial charge on any atom is -0.452 e. The van der Waals surface area contributed by atoms with E-state index in [9.17, 15) is 27.2 Å². The van der Waals surface area contributed by atoms with E-state index >= 15 is 0 Å². The third-order valence-electron chi connectivity index (χ3n) is 4.79. The molecule has 35 heavy (non-hydrogen) atoms. The summed E-state index contributed by atoms with van der Waals surface area (Å²) in [5.74, 6) is -3.50. The lowest BCUT2D eigenvalue weighted by molar-refractivity contribution is -0.125. The molecule has 0 saturated heterocycles. The van der Waals surface area contributed by atoms with Crippen LogP contribution in [-0.4, -0.2) is 32.8 Å². The lowest BCUT2D eigenvalue weighted by atomic mass is 10.1. The Morgan fingerprint density at radius 2 is 1.60 bits per heavy atom. The van der Waals surface area contributed by atoms with E-state index in [0.29, 0.717) is 11.3 Å². The first-order valence-electron chi connectivity index (χ1n) is 10.3. The number of benzene rings is 3. The fourth-order valence-corrected chi connectivity index (χ4v) is 4.27. The molecule has 0 radical (unpaired) electrons. The fourth-order valence-electron chi connectivity index (χ4n) is 2.94. The molecular formula is C24H22FN3O6S. The normalized spacial score (nSPS) is 10.8. The number of aryl methyl sites for hydroxylation is 2. The Morgan fingerprint density at radius 1 is 0.914 bits per heavy atom. The Kier molecular flexibility index (Phi) is 7.82. The first-order chi connectivity index (χ1) is 16.6. The van der Waals surface area contributed by atoms with Crippen LogP contribution in [0, 0.1) is 19.7 Å². The summed E-state index contributed by atoms with van der Waals surface area (Å²) in [6, 6.07) is 15.9. The van der Waals surface area contributed by atoms with Gasteiger partial charge in [0.1, 0.15) is 5.82 Å². The predicted molar refractivity (Wildman–Crippen MR) is 125 cm³/mol. The second-order valence-corrected chi connectivity index (χ2v) is 9.16. The van der Waals surface area contributed by atoms with Gasteiger partial charge in [0.05, 0.1) is 16.0 Å². The molecule has 3 aromatic carbocycles. The average molecular weight is 500 g/mol. The van der Waals surface area contributed by atoms with Gasteiger partial charge in [0.25, 0.3) is 21.8 Å². The number of rotatable bonds is 7. The van der Waals surface area contributed by atoms with E-state index in [2.05, 4.69) is 4.72 Å². The number of carbonyl (C=O) groups excluding carboxylic acids is 3. The highest BCUT2D eigenvalue weighted by atomic mass is 32.2. The van der Waals surface area contributed by atoms with Crippen molar-refractivity contribution >= 4 is 33.5 Å². The maximum atomic E-state index is 13.6. The summed E-state index contributed by atoms with van der Waals surface area (Å²) < 4.78 is 46.6. The summed E-state index contributed by atoms with van der Waals surface area (Å²) in [5, 5.41) is 0. The van der Waals surface area contributed by atoms with Crippen molar-refractivity contribution in [2.45, 2.75) is 18.7 Å². The molecule has 0 aliphatic rings. The number of hydrogen-bond donors (Lipinski definition) is 3. The van der Waals surface area contributed by atoms with Gasteiger partial charge in [-0.1, -0.05) is 35.9 Å². The molecule has 0 spiro atoms. The topological polar surface area (TPSA) is 131 Å². The number of hydrogen-bond acceptors (Lipinski definition) is 6. The number of nitrogens with one attached hydrogen (secondary N) is 3. The SMILES string of the molecule is Cc1ccc(NS(=O)(=O)c2cc(C(=O)OCC(=O)NNC(=O)c3ccccc3F)ccc2C)cc1. The van der Waals surface area contributed by atoms with Gasteiger partial charge in [-0.15, -0.1) is 0 Å². The minimum atomic E-state index is -4.01. The lowest BCUT2D eigenvalue weighted by Gasteiger charge is -2.12. The largest absolute Gasteiger partial charge is 0.452 e. The molecule has 3 aromatic rings. The summed E-state index contributed by atoms with van der Waals surface area (Å²) in [5.41, 5.74) is 5.36. The van der Waals surface area contributed by atoms with Crippen LogP contribution < -0.4 is 15.6 Å². The number of anilines is 1. The van der Waals surface area contributed by atoms with Gasteiger partial charge in [-0.2, -0.15) is 0 Å². The standard InChI is InChI=1S/C24H22FN3O6S/c1-15-7-11-18(12-8-15)28-35(32,33)21-13-17(10-9-16(21)2)24(31)34-14-22(29)26-27-23(30)19-5-3-4-6-20(19)25/h3-13,28H,14H2,1-2H3,(H,26,29)(H,27,30). The number of ether oxygens (including phenoxy) is 1. The first-order valence-corrected chi connectivity index (χ1v) is 11.8. The highest BCUT2D eigenvalue weighted by Crippen LogP contribution is 2.21. The second-order valence-electron chi connectivity index (χ2n) is 7.51. The van der Waals surface area contributed by atoms with Crippen LogP contribution >= 0.6 is 0 Å². The maximum absolute atomic E-state index is 13.6. The molecule has 0 saturated carbocycles. The molecule has 2 amide bonds. The van der Waals surface area contributed by atoms with Gasteiger partial charge >= 0.3 is 5.97 Å². The van der Waals surface area contributed by atoms with Crippen molar-refractivity contribution in [2.24, 2.45) is 0 Å². The van der Waals surface area contributed by atoms with Crippen LogP contribution in [0.15, 0.2) is 71.6 Å². The average Bonchev–Trinajstić information content (AvgIpc) is 2.82. The Morgan fingerprint density at radius 3 is 2.29 bits per heavy atom. The molecule has 0 aliphatic heterocycles. The number of amides is 2. The molecule has 3 rings (SSSR count). The molecule has 0 bridgehead atoms. The molecule has 11 heteroatoms. The summed E-state index contributed by atoms with van der Waals surface area (Å²) >= 11 is 0. The van der Waals surface area contributed by atoms with Gasteiger partial charge in [0.15, 0.2) is 6.61 Å². The quantitative estimate of drug-likeness (QED) is 0.339. The molecule has 0 aliphatic carbocycles. The molecule has 0 heterocycles. The van der Waals surface area contributed by atoms with Crippen molar-refractivity contribution < 1.29 is 31.9 Å². The van der Waals surface area contributed by atoms with Gasteiger partial charge in [-0.05, 0) is 55.8 Å². The van der Waals surface area contributed by atoms with Gasteiger partial charge in [0.2, 0.25) is 0 Å². The molecule has 0 unspecified atom stereocenters. The number of sulfonamides is 1. The number of halogens is 1. The van der Waals surface area contributed by atoms with Crippen LogP contribution in [0.4, 0.5) is 10.1 Å². The maximum Gasteiger partial charge on any atom is 0.338 e. The van der Waals surface area contributed by atoms with Gasteiger partial charge in [-0.3, -0.25) is 25.2 Å². The van der Waals surface area contributed by atoms with Crippen LogP contribution in [0.25, 0.3) is 0 Å². The van der Waals surface area contributed by atoms with E-state index in [1.54, 1.807) is 31.2 Å². The number of hydrazine groups is 1. The van der Waals surface area contributed by atoms with Crippen LogP contribution in [-0.2, 0) is 19.6 Å². The first kappa shape index (κ1) is 25.4. The Hall–Kier alpha value is -4.25. The highest BCUT2D eigenvalue weighted by molar-refractivity contribution is 7.92. The van der Waals surface area contributed by atoms with Crippen molar-refractivity contribution in [1.82, 2.24) is 10.9 Å². The monoisotopic (exact) mass is 499 g/mol. The van der Waals surface area contributed by atoms with E-state index in [4.69, 9.17) is 4.74 Å². The zero-order chi connectivity index (χ0) is 25.6. The number of esters is 1. The Balaban J connectivity index is 1.61. The fraction of sp³-hybridized carbons (Fsp3) is 0.125. The minimum absolute atomic E-state index is 0.0944. The summed E-state index contributed by atoms with van der Waals surface area (Å²) in [7, 11) is -4.01. The van der Waals surface area contributed by atoms with Crippen molar-refractivity contribution in [2.75, 3.05) is 11.3 Å². The van der Waals surface area contributed by atoms with E-state index in [1.165, 1.54) is 30.3 Å². The molecular weight excluding hydrogens is 477 g/mol. The van der Waals surface area contributed by atoms with Crippen LogP contribution in [0.1, 0.15) is 31.8 Å². The van der Waals surface area contributed by atoms with Crippen molar-refractivity contribution in [3.8, 4) is 0 Å².